The average molecular weight is 297 g/mol. The molecule has 1 atom stereocenters. The van der Waals surface area contributed by atoms with Crippen LogP contribution in [-0.2, 0) is 4.79 Å². The van der Waals surface area contributed by atoms with E-state index in [9.17, 15) is 4.79 Å². The first-order valence-corrected chi connectivity index (χ1v) is 8.69. The van der Waals surface area contributed by atoms with Gasteiger partial charge in [-0.1, -0.05) is 27.7 Å². The monoisotopic (exact) mass is 297 g/mol. The number of rotatable bonds is 8. The van der Waals surface area contributed by atoms with E-state index in [4.69, 9.17) is 0 Å². The summed E-state index contributed by atoms with van der Waals surface area (Å²) in [4.78, 5) is 17.5. The molecule has 4 nitrogen and oxygen atoms in total. The quantitative estimate of drug-likeness (QED) is 0.747. The van der Waals surface area contributed by atoms with Crippen LogP contribution >= 0.6 is 0 Å². The Kier molecular flexibility index (Phi) is 7.67. The molecule has 1 saturated heterocycles. The second-order valence-corrected chi connectivity index (χ2v) is 6.89. The van der Waals surface area contributed by atoms with Crippen molar-refractivity contribution >= 4 is 5.91 Å². The van der Waals surface area contributed by atoms with Gasteiger partial charge in [0.05, 0.1) is 5.54 Å². The number of carbonyl (C=O) groups is 1. The standard InChI is InChI=1S/C17H35N3O/c1-6-19(7-2)12-13-20(14-15(3)4)16(21)17(5)10-8-9-11-18-17/h15,18H,6-14H2,1-5H3. The molecular formula is C17H35N3O. The molecule has 1 rings (SSSR count). The molecule has 0 radical (unpaired) electrons. The lowest BCUT2D eigenvalue weighted by Gasteiger charge is -2.39. The van der Waals surface area contributed by atoms with Crippen LogP contribution in [0.1, 0.15) is 53.9 Å². The van der Waals surface area contributed by atoms with Crippen LogP contribution in [-0.4, -0.2) is 60.5 Å². The summed E-state index contributed by atoms with van der Waals surface area (Å²) in [5, 5.41) is 3.46. The van der Waals surface area contributed by atoms with Crippen molar-refractivity contribution < 1.29 is 4.79 Å². The van der Waals surface area contributed by atoms with Gasteiger partial charge in [-0.15, -0.1) is 0 Å². The largest absolute Gasteiger partial charge is 0.340 e. The maximum absolute atomic E-state index is 13.0. The van der Waals surface area contributed by atoms with Gasteiger partial charge in [0.1, 0.15) is 0 Å². The first-order chi connectivity index (χ1) is 9.92. The smallest absolute Gasteiger partial charge is 0.242 e. The second kappa shape index (κ2) is 8.74. The minimum absolute atomic E-state index is 0.294. The summed E-state index contributed by atoms with van der Waals surface area (Å²) < 4.78 is 0. The maximum Gasteiger partial charge on any atom is 0.242 e. The van der Waals surface area contributed by atoms with Gasteiger partial charge in [0, 0.05) is 19.6 Å². The third-order valence-electron chi connectivity index (χ3n) is 4.54. The van der Waals surface area contributed by atoms with E-state index in [1.165, 1.54) is 6.42 Å². The van der Waals surface area contributed by atoms with E-state index in [1.54, 1.807) is 0 Å². The molecule has 0 bridgehead atoms. The molecule has 1 aliphatic rings. The zero-order valence-corrected chi connectivity index (χ0v) is 14.7. The van der Waals surface area contributed by atoms with Crippen molar-refractivity contribution in [2.75, 3.05) is 39.3 Å². The number of piperidine rings is 1. The molecule has 1 N–H and O–H groups in total. The molecule has 0 aliphatic carbocycles. The number of likely N-dealkylation sites (N-methyl/N-ethyl adjacent to an activating group) is 1. The zero-order chi connectivity index (χ0) is 15.9. The Labute approximate surface area is 131 Å². The van der Waals surface area contributed by atoms with Gasteiger partial charge in [0.15, 0.2) is 0 Å². The Morgan fingerprint density at radius 1 is 1.19 bits per heavy atom. The van der Waals surface area contributed by atoms with Crippen LogP contribution in [0.15, 0.2) is 0 Å². The summed E-state index contributed by atoms with van der Waals surface area (Å²) in [7, 11) is 0. The van der Waals surface area contributed by atoms with Gasteiger partial charge < -0.3 is 15.1 Å². The molecule has 0 aromatic carbocycles. The zero-order valence-electron chi connectivity index (χ0n) is 14.7. The van der Waals surface area contributed by atoms with E-state index in [2.05, 4.69) is 49.7 Å². The lowest BCUT2D eigenvalue weighted by atomic mass is 9.89. The minimum Gasteiger partial charge on any atom is -0.340 e. The number of hydrogen-bond donors (Lipinski definition) is 1. The molecule has 1 aliphatic heterocycles. The first kappa shape index (κ1) is 18.4. The van der Waals surface area contributed by atoms with Crippen LogP contribution in [0.2, 0.25) is 0 Å². The summed E-state index contributed by atoms with van der Waals surface area (Å²) >= 11 is 0. The minimum atomic E-state index is -0.351. The highest BCUT2D eigenvalue weighted by molar-refractivity contribution is 5.86. The molecule has 0 saturated carbocycles. The molecule has 0 aromatic rings. The normalized spacial score (nSPS) is 22.8. The number of nitrogens with zero attached hydrogens (tertiary/aromatic N) is 2. The molecule has 21 heavy (non-hydrogen) atoms. The van der Waals surface area contributed by atoms with Crippen LogP contribution < -0.4 is 5.32 Å². The summed E-state index contributed by atoms with van der Waals surface area (Å²) in [6.45, 7) is 16.6. The van der Waals surface area contributed by atoms with Crippen LogP contribution in [0.4, 0.5) is 0 Å². The van der Waals surface area contributed by atoms with Crippen molar-refractivity contribution in [1.29, 1.82) is 0 Å². The van der Waals surface area contributed by atoms with Gasteiger partial charge in [-0.25, -0.2) is 0 Å². The lowest BCUT2D eigenvalue weighted by molar-refractivity contribution is -0.139. The molecule has 0 spiro atoms. The number of carbonyl (C=O) groups excluding carboxylic acids is 1. The third-order valence-corrected chi connectivity index (χ3v) is 4.54. The van der Waals surface area contributed by atoms with Gasteiger partial charge in [-0.3, -0.25) is 4.79 Å². The van der Waals surface area contributed by atoms with E-state index in [0.717, 1.165) is 52.1 Å². The van der Waals surface area contributed by atoms with Gasteiger partial charge in [-0.2, -0.15) is 0 Å². The first-order valence-electron chi connectivity index (χ1n) is 8.69. The lowest BCUT2D eigenvalue weighted by Crippen LogP contribution is -2.59. The van der Waals surface area contributed by atoms with E-state index in [-0.39, 0.29) is 5.54 Å². The number of nitrogens with one attached hydrogen (secondary N) is 1. The molecule has 1 heterocycles. The summed E-state index contributed by atoms with van der Waals surface area (Å²) in [5.41, 5.74) is -0.351. The Morgan fingerprint density at radius 2 is 1.86 bits per heavy atom. The highest BCUT2D eigenvalue weighted by Gasteiger charge is 2.37. The highest BCUT2D eigenvalue weighted by Crippen LogP contribution is 2.22. The number of hydrogen-bond acceptors (Lipinski definition) is 3. The fraction of sp³-hybridized carbons (Fsp3) is 0.941. The van der Waals surface area contributed by atoms with E-state index >= 15 is 0 Å². The second-order valence-electron chi connectivity index (χ2n) is 6.89. The van der Waals surface area contributed by atoms with Crippen LogP contribution in [0.25, 0.3) is 0 Å². The summed E-state index contributed by atoms with van der Waals surface area (Å²) in [6.07, 6.45) is 3.30. The molecule has 1 unspecified atom stereocenters. The van der Waals surface area contributed by atoms with Gasteiger partial charge in [0.2, 0.25) is 5.91 Å². The molecule has 1 amide bonds. The van der Waals surface area contributed by atoms with E-state index in [0.29, 0.717) is 11.8 Å². The fourth-order valence-corrected chi connectivity index (χ4v) is 3.11. The summed E-state index contributed by atoms with van der Waals surface area (Å²) in [6, 6.07) is 0. The Morgan fingerprint density at radius 3 is 2.33 bits per heavy atom. The highest BCUT2D eigenvalue weighted by atomic mass is 16.2. The Balaban J connectivity index is 2.68. The van der Waals surface area contributed by atoms with Gasteiger partial charge in [0.25, 0.3) is 0 Å². The van der Waals surface area contributed by atoms with Crippen LogP contribution in [0.3, 0.4) is 0 Å². The van der Waals surface area contributed by atoms with E-state index < -0.39 is 0 Å². The SMILES string of the molecule is CCN(CC)CCN(CC(C)C)C(=O)C1(C)CCCCN1. The van der Waals surface area contributed by atoms with E-state index in [1.807, 2.05) is 0 Å². The van der Waals surface area contributed by atoms with Crippen molar-refractivity contribution in [3.05, 3.63) is 0 Å². The summed E-state index contributed by atoms with van der Waals surface area (Å²) in [5.74, 6) is 0.806. The molecule has 1 fully saturated rings. The fourth-order valence-electron chi connectivity index (χ4n) is 3.11. The molecular weight excluding hydrogens is 262 g/mol. The molecule has 124 valence electrons. The van der Waals surface area contributed by atoms with Crippen LogP contribution in [0.5, 0.6) is 0 Å². The molecule has 0 aromatic heterocycles. The van der Waals surface area contributed by atoms with Gasteiger partial charge in [-0.05, 0) is 51.7 Å². The van der Waals surface area contributed by atoms with Gasteiger partial charge >= 0.3 is 0 Å². The predicted octanol–water partition coefficient (Wildman–Crippen LogP) is 2.34. The predicted molar refractivity (Wildman–Crippen MR) is 89.5 cm³/mol. The Bertz CT molecular complexity index is 307. The van der Waals surface area contributed by atoms with Crippen molar-refractivity contribution in [1.82, 2.24) is 15.1 Å². The van der Waals surface area contributed by atoms with Crippen molar-refractivity contribution in [3.63, 3.8) is 0 Å². The Hall–Kier alpha value is -0.610. The molecule has 4 heteroatoms. The average Bonchev–Trinajstić information content (AvgIpc) is 2.46. The van der Waals surface area contributed by atoms with Crippen molar-refractivity contribution in [2.24, 2.45) is 5.92 Å². The number of amides is 1. The maximum atomic E-state index is 13.0. The topological polar surface area (TPSA) is 35.6 Å². The van der Waals surface area contributed by atoms with Crippen molar-refractivity contribution in [3.8, 4) is 0 Å². The van der Waals surface area contributed by atoms with Crippen LogP contribution in [0, 0.1) is 5.92 Å². The van der Waals surface area contributed by atoms with Crippen molar-refractivity contribution in [2.45, 2.75) is 59.4 Å². The third kappa shape index (κ3) is 5.59.